The van der Waals surface area contributed by atoms with Crippen molar-refractivity contribution in [3.63, 3.8) is 0 Å². The molecule has 0 spiro atoms. The minimum atomic E-state index is -0.437. The van der Waals surface area contributed by atoms with Crippen molar-refractivity contribution in [1.29, 1.82) is 5.26 Å². The van der Waals surface area contributed by atoms with Crippen LogP contribution in [0.1, 0.15) is 40.5 Å². The molecule has 0 aromatic rings. The van der Waals surface area contributed by atoms with Crippen LogP contribution in [-0.4, -0.2) is 12.6 Å². The van der Waals surface area contributed by atoms with Gasteiger partial charge in [0.2, 0.25) is 0 Å². The van der Waals surface area contributed by atoms with Crippen LogP contribution in [0.5, 0.6) is 0 Å². The average molecular weight is 247 g/mol. The van der Waals surface area contributed by atoms with Gasteiger partial charge in [-0.1, -0.05) is 20.8 Å². The van der Waals surface area contributed by atoms with E-state index in [0.29, 0.717) is 29.8 Å². The minimum absolute atomic E-state index is 0.270. The van der Waals surface area contributed by atoms with Gasteiger partial charge < -0.3 is 4.74 Å². The zero-order valence-electron chi connectivity index (χ0n) is 11.6. The fourth-order valence-corrected chi connectivity index (χ4v) is 3.65. The number of esters is 1. The Morgan fingerprint density at radius 3 is 2.67 bits per heavy atom. The van der Waals surface area contributed by atoms with Crippen LogP contribution in [0, 0.1) is 34.5 Å². The van der Waals surface area contributed by atoms with Gasteiger partial charge in [0.05, 0.1) is 6.61 Å². The van der Waals surface area contributed by atoms with E-state index in [4.69, 9.17) is 4.74 Å². The van der Waals surface area contributed by atoms with Crippen LogP contribution in [0.15, 0.2) is 11.1 Å². The summed E-state index contributed by atoms with van der Waals surface area (Å²) < 4.78 is 4.98. The summed E-state index contributed by atoms with van der Waals surface area (Å²) in [4.78, 5) is 11.8. The van der Waals surface area contributed by atoms with Crippen molar-refractivity contribution in [1.82, 2.24) is 0 Å². The molecule has 0 aliphatic heterocycles. The highest BCUT2D eigenvalue weighted by Gasteiger charge is 2.53. The van der Waals surface area contributed by atoms with E-state index in [1.807, 2.05) is 0 Å². The van der Waals surface area contributed by atoms with Gasteiger partial charge in [0.1, 0.15) is 11.6 Å². The van der Waals surface area contributed by atoms with Gasteiger partial charge >= 0.3 is 5.97 Å². The summed E-state index contributed by atoms with van der Waals surface area (Å²) >= 11 is 0. The number of fused-ring (bicyclic) bond motifs is 2. The molecular formula is C15H21NO2. The lowest BCUT2D eigenvalue weighted by molar-refractivity contribution is -0.138. The lowest BCUT2D eigenvalue weighted by Gasteiger charge is -2.37. The molecule has 2 fully saturated rings. The summed E-state index contributed by atoms with van der Waals surface area (Å²) in [5.74, 6) is 1.09. The standard InChI is InChI=1S/C15H21NO2/c1-5-18-14(17)13(8-16)12-7-10-6-11(12)9(2)15(10,3)4/h9-11H,5-7H2,1-4H3/b13-12+/t9-,10-,11-/m0/s1. The summed E-state index contributed by atoms with van der Waals surface area (Å²) in [5, 5.41) is 9.22. The number of rotatable bonds is 2. The van der Waals surface area contributed by atoms with E-state index in [9.17, 15) is 10.1 Å². The van der Waals surface area contributed by atoms with Crippen LogP contribution in [0.4, 0.5) is 0 Å². The lowest BCUT2D eigenvalue weighted by Crippen LogP contribution is -2.30. The molecule has 3 atom stereocenters. The van der Waals surface area contributed by atoms with Gasteiger partial charge in [-0.05, 0) is 48.5 Å². The number of nitrogens with zero attached hydrogens (tertiary/aromatic N) is 1. The van der Waals surface area contributed by atoms with Crippen molar-refractivity contribution in [2.45, 2.75) is 40.5 Å². The summed E-state index contributed by atoms with van der Waals surface area (Å²) in [5.41, 5.74) is 1.64. The quantitative estimate of drug-likeness (QED) is 0.428. The summed E-state index contributed by atoms with van der Waals surface area (Å²) in [6.45, 7) is 8.94. The first-order valence-electron chi connectivity index (χ1n) is 6.73. The molecule has 2 aliphatic carbocycles. The largest absolute Gasteiger partial charge is 0.462 e. The van der Waals surface area contributed by atoms with Gasteiger partial charge in [-0.2, -0.15) is 5.26 Å². The highest BCUT2D eigenvalue weighted by atomic mass is 16.5. The Morgan fingerprint density at radius 2 is 2.22 bits per heavy atom. The Balaban J connectivity index is 2.32. The second-order valence-electron chi connectivity index (χ2n) is 6.09. The molecule has 3 heteroatoms. The third kappa shape index (κ3) is 1.75. The third-order valence-corrected chi connectivity index (χ3v) is 5.19. The highest BCUT2D eigenvalue weighted by molar-refractivity contribution is 5.94. The second-order valence-corrected chi connectivity index (χ2v) is 6.09. The highest BCUT2D eigenvalue weighted by Crippen LogP contribution is 2.61. The Kier molecular flexibility index (Phi) is 3.23. The van der Waals surface area contributed by atoms with Crippen LogP contribution in [0.2, 0.25) is 0 Å². The van der Waals surface area contributed by atoms with Crippen molar-refractivity contribution in [3.8, 4) is 6.07 Å². The molecule has 3 nitrogen and oxygen atoms in total. The predicted molar refractivity (Wildman–Crippen MR) is 68.4 cm³/mol. The Hall–Kier alpha value is -1.30. The van der Waals surface area contributed by atoms with Crippen LogP contribution in [-0.2, 0) is 9.53 Å². The predicted octanol–water partition coefficient (Wildman–Crippen LogP) is 3.07. The Morgan fingerprint density at radius 1 is 1.56 bits per heavy atom. The summed E-state index contributed by atoms with van der Waals surface area (Å²) in [6, 6.07) is 2.07. The molecule has 0 saturated heterocycles. The monoisotopic (exact) mass is 247 g/mol. The molecule has 2 aliphatic rings. The first-order chi connectivity index (χ1) is 8.43. The SMILES string of the molecule is CCOC(=O)/C(C#N)=C1\C[C@@H]2C[C@H]1[C@H](C)C2(C)C. The van der Waals surface area contributed by atoms with E-state index < -0.39 is 5.97 Å². The second kappa shape index (κ2) is 4.42. The molecule has 2 rings (SSSR count). The molecule has 0 aromatic heterocycles. The maximum Gasteiger partial charge on any atom is 0.348 e. The van der Waals surface area contributed by atoms with Gasteiger partial charge in [0.15, 0.2) is 0 Å². The van der Waals surface area contributed by atoms with Crippen molar-refractivity contribution < 1.29 is 9.53 Å². The van der Waals surface area contributed by atoms with E-state index in [1.165, 1.54) is 0 Å². The van der Waals surface area contributed by atoms with Crippen LogP contribution < -0.4 is 0 Å². The van der Waals surface area contributed by atoms with Gasteiger partial charge in [0.25, 0.3) is 0 Å². The summed E-state index contributed by atoms with van der Waals surface area (Å²) in [7, 11) is 0. The average Bonchev–Trinajstić information content (AvgIpc) is 2.81. The fourth-order valence-electron chi connectivity index (χ4n) is 3.65. The molecule has 0 aromatic carbocycles. The van der Waals surface area contributed by atoms with Crippen molar-refractivity contribution in [3.05, 3.63) is 11.1 Å². The zero-order valence-corrected chi connectivity index (χ0v) is 11.6. The first-order valence-corrected chi connectivity index (χ1v) is 6.73. The first kappa shape index (κ1) is 13.1. The minimum Gasteiger partial charge on any atom is -0.462 e. The maximum atomic E-state index is 11.8. The molecule has 0 unspecified atom stereocenters. The number of carbonyl (C=O) groups excluding carboxylic acids is 1. The van der Waals surface area contributed by atoms with Gasteiger partial charge in [-0.15, -0.1) is 0 Å². The Bertz CT molecular complexity index is 438. The molecule has 2 bridgehead atoms. The van der Waals surface area contributed by atoms with Crippen LogP contribution >= 0.6 is 0 Å². The fraction of sp³-hybridized carbons (Fsp3) is 0.733. The normalized spacial score (nSPS) is 35.2. The van der Waals surface area contributed by atoms with Crippen LogP contribution in [0.25, 0.3) is 0 Å². The van der Waals surface area contributed by atoms with Gasteiger partial charge in [0, 0.05) is 0 Å². The Labute approximate surface area is 109 Å². The molecule has 0 heterocycles. The van der Waals surface area contributed by atoms with E-state index in [0.717, 1.165) is 18.4 Å². The molecule has 98 valence electrons. The number of hydrogen-bond donors (Lipinski definition) is 0. The molecule has 0 amide bonds. The zero-order chi connectivity index (χ0) is 13.5. The van der Waals surface area contributed by atoms with Crippen LogP contribution in [0.3, 0.4) is 0 Å². The van der Waals surface area contributed by atoms with E-state index in [2.05, 4.69) is 26.8 Å². The van der Waals surface area contributed by atoms with Crippen molar-refractivity contribution in [2.75, 3.05) is 6.61 Å². The van der Waals surface area contributed by atoms with E-state index >= 15 is 0 Å². The smallest absolute Gasteiger partial charge is 0.348 e. The molecule has 0 N–H and O–H groups in total. The van der Waals surface area contributed by atoms with E-state index in [1.54, 1.807) is 6.92 Å². The summed E-state index contributed by atoms with van der Waals surface area (Å²) in [6.07, 6.45) is 2.01. The molecule has 0 radical (unpaired) electrons. The van der Waals surface area contributed by atoms with Gasteiger partial charge in [-0.3, -0.25) is 0 Å². The molecule has 18 heavy (non-hydrogen) atoms. The number of nitriles is 1. The molecular weight excluding hydrogens is 226 g/mol. The van der Waals surface area contributed by atoms with E-state index in [-0.39, 0.29) is 5.57 Å². The molecule has 2 saturated carbocycles. The number of hydrogen-bond acceptors (Lipinski definition) is 3. The van der Waals surface area contributed by atoms with Gasteiger partial charge in [-0.25, -0.2) is 4.79 Å². The third-order valence-electron chi connectivity index (χ3n) is 5.19. The van der Waals surface area contributed by atoms with Crippen molar-refractivity contribution in [2.24, 2.45) is 23.2 Å². The van der Waals surface area contributed by atoms with Crippen molar-refractivity contribution >= 4 is 5.97 Å². The number of ether oxygens (including phenoxy) is 1. The number of allylic oxidation sites excluding steroid dienone is 1. The number of carbonyl (C=O) groups is 1. The lowest BCUT2D eigenvalue weighted by atomic mass is 9.67. The maximum absolute atomic E-state index is 11.8. The topological polar surface area (TPSA) is 50.1 Å².